The highest BCUT2D eigenvalue weighted by Gasteiger charge is 2.22. The molecule has 0 aliphatic carbocycles. The standard InChI is InChI=1S/C13H14ClNO2/c1-3-16-12-8-9(2)17-13(12)15-11-7-5-4-6-10(11)14/h4-9H,3H2,1-2H3. The molecule has 17 heavy (non-hydrogen) atoms. The third kappa shape index (κ3) is 2.80. The lowest BCUT2D eigenvalue weighted by atomic mass is 10.3. The molecular weight excluding hydrogens is 238 g/mol. The minimum Gasteiger partial charge on any atom is -0.488 e. The van der Waals surface area contributed by atoms with Gasteiger partial charge in [-0.15, -0.1) is 0 Å². The Hall–Kier alpha value is -1.48. The first-order chi connectivity index (χ1) is 8.20. The van der Waals surface area contributed by atoms with Gasteiger partial charge in [0.05, 0.1) is 17.3 Å². The van der Waals surface area contributed by atoms with Crippen molar-refractivity contribution in [1.29, 1.82) is 0 Å². The van der Waals surface area contributed by atoms with Gasteiger partial charge in [-0.25, -0.2) is 4.99 Å². The van der Waals surface area contributed by atoms with E-state index in [2.05, 4.69) is 4.99 Å². The Morgan fingerprint density at radius 3 is 2.88 bits per heavy atom. The van der Waals surface area contributed by atoms with Gasteiger partial charge in [-0.2, -0.15) is 0 Å². The van der Waals surface area contributed by atoms with Gasteiger partial charge in [-0.3, -0.25) is 0 Å². The Kier molecular flexibility index (Phi) is 3.69. The minimum absolute atomic E-state index is 0.0159. The van der Waals surface area contributed by atoms with Crippen LogP contribution in [0.4, 0.5) is 5.69 Å². The predicted molar refractivity (Wildman–Crippen MR) is 68.8 cm³/mol. The van der Waals surface area contributed by atoms with Gasteiger partial charge < -0.3 is 9.47 Å². The molecule has 0 radical (unpaired) electrons. The second-order valence-corrected chi connectivity index (χ2v) is 4.06. The molecule has 0 bridgehead atoms. The number of hydrogen-bond donors (Lipinski definition) is 0. The molecule has 0 saturated heterocycles. The molecule has 3 nitrogen and oxygen atoms in total. The number of para-hydroxylation sites is 1. The van der Waals surface area contributed by atoms with Gasteiger partial charge in [0.15, 0.2) is 5.76 Å². The first-order valence-corrected chi connectivity index (χ1v) is 5.93. The maximum absolute atomic E-state index is 6.04. The van der Waals surface area contributed by atoms with E-state index in [-0.39, 0.29) is 6.10 Å². The van der Waals surface area contributed by atoms with Crippen LogP contribution in [-0.2, 0) is 9.47 Å². The molecule has 0 N–H and O–H groups in total. The van der Waals surface area contributed by atoms with Crippen molar-refractivity contribution in [2.24, 2.45) is 4.99 Å². The van der Waals surface area contributed by atoms with Crippen molar-refractivity contribution in [1.82, 2.24) is 0 Å². The van der Waals surface area contributed by atoms with Crippen LogP contribution in [0, 0.1) is 0 Å². The van der Waals surface area contributed by atoms with Gasteiger partial charge in [0.25, 0.3) is 5.90 Å². The number of aliphatic imine (C=N–C) groups is 1. The normalized spacial score (nSPS) is 21.2. The molecule has 1 aliphatic heterocycles. The number of halogens is 1. The smallest absolute Gasteiger partial charge is 0.258 e. The lowest BCUT2D eigenvalue weighted by Crippen LogP contribution is -2.06. The fraction of sp³-hybridized carbons (Fsp3) is 0.308. The summed E-state index contributed by atoms with van der Waals surface area (Å²) in [6, 6.07) is 7.38. The molecular formula is C13H14ClNO2. The lowest BCUT2D eigenvalue weighted by Gasteiger charge is -2.06. The summed E-state index contributed by atoms with van der Waals surface area (Å²) >= 11 is 6.04. The van der Waals surface area contributed by atoms with Crippen LogP contribution < -0.4 is 0 Å². The lowest BCUT2D eigenvalue weighted by molar-refractivity contribution is 0.235. The van der Waals surface area contributed by atoms with Crippen LogP contribution in [0.15, 0.2) is 41.1 Å². The van der Waals surface area contributed by atoms with Crippen molar-refractivity contribution < 1.29 is 9.47 Å². The average molecular weight is 252 g/mol. The zero-order valence-electron chi connectivity index (χ0n) is 9.81. The molecule has 0 spiro atoms. The van der Waals surface area contributed by atoms with Crippen molar-refractivity contribution in [2.75, 3.05) is 6.61 Å². The highest BCUT2D eigenvalue weighted by Crippen LogP contribution is 2.27. The molecule has 1 unspecified atom stereocenters. The van der Waals surface area contributed by atoms with Gasteiger partial charge in [0, 0.05) is 6.08 Å². The fourth-order valence-electron chi connectivity index (χ4n) is 1.55. The van der Waals surface area contributed by atoms with E-state index >= 15 is 0 Å². The maximum Gasteiger partial charge on any atom is 0.258 e. The van der Waals surface area contributed by atoms with E-state index in [9.17, 15) is 0 Å². The van der Waals surface area contributed by atoms with Gasteiger partial charge in [0.2, 0.25) is 0 Å². The van der Waals surface area contributed by atoms with E-state index in [0.717, 1.165) is 0 Å². The molecule has 1 heterocycles. The van der Waals surface area contributed by atoms with E-state index in [1.807, 2.05) is 38.1 Å². The van der Waals surface area contributed by atoms with Crippen molar-refractivity contribution in [3.05, 3.63) is 41.1 Å². The predicted octanol–water partition coefficient (Wildman–Crippen LogP) is 3.71. The number of ether oxygens (including phenoxy) is 2. The van der Waals surface area contributed by atoms with Gasteiger partial charge >= 0.3 is 0 Å². The summed E-state index contributed by atoms with van der Waals surface area (Å²) in [4.78, 5) is 4.38. The zero-order chi connectivity index (χ0) is 12.3. The highest BCUT2D eigenvalue weighted by atomic mass is 35.5. The third-order valence-corrected chi connectivity index (χ3v) is 2.59. The molecule has 2 rings (SSSR count). The molecule has 1 atom stereocenters. The molecule has 1 aliphatic rings. The second-order valence-electron chi connectivity index (χ2n) is 3.66. The average Bonchev–Trinajstić information content (AvgIpc) is 2.63. The van der Waals surface area contributed by atoms with E-state index in [4.69, 9.17) is 21.1 Å². The fourth-order valence-corrected chi connectivity index (χ4v) is 1.73. The quantitative estimate of drug-likeness (QED) is 0.820. The highest BCUT2D eigenvalue weighted by molar-refractivity contribution is 6.33. The van der Waals surface area contributed by atoms with Crippen molar-refractivity contribution in [3.8, 4) is 0 Å². The van der Waals surface area contributed by atoms with E-state index in [0.29, 0.717) is 29.0 Å². The van der Waals surface area contributed by atoms with Crippen LogP contribution in [0.3, 0.4) is 0 Å². The summed E-state index contributed by atoms with van der Waals surface area (Å²) in [5, 5.41) is 0.596. The summed E-state index contributed by atoms with van der Waals surface area (Å²) in [7, 11) is 0. The zero-order valence-corrected chi connectivity index (χ0v) is 10.6. The topological polar surface area (TPSA) is 30.8 Å². The van der Waals surface area contributed by atoms with Crippen molar-refractivity contribution >= 4 is 23.2 Å². The van der Waals surface area contributed by atoms with Gasteiger partial charge in [-0.05, 0) is 26.0 Å². The number of rotatable bonds is 3. The van der Waals surface area contributed by atoms with Crippen LogP contribution in [0.1, 0.15) is 13.8 Å². The van der Waals surface area contributed by atoms with Crippen LogP contribution in [0.2, 0.25) is 5.02 Å². The summed E-state index contributed by atoms with van der Waals surface area (Å²) in [5.41, 5.74) is 0.684. The molecule has 0 amide bonds. The van der Waals surface area contributed by atoms with E-state index < -0.39 is 0 Å². The summed E-state index contributed by atoms with van der Waals surface area (Å²) in [5.74, 6) is 1.17. The molecule has 4 heteroatoms. The van der Waals surface area contributed by atoms with Crippen molar-refractivity contribution in [3.63, 3.8) is 0 Å². The molecule has 1 aromatic carbocycles. The van der Waals surface area contributed by atoms with E-state index in [1.165, 1.54) is 0 Å². The van der Waals surface area contributed by atoms with Crippen LogP contribution >= 0.6 is 11.6 Å². The number of benzene rings is 1. The minimum atomic E-state index is -0.0159. The molecule has 0 aromatic heterocycles. The number of hydrogen-bond acceptors (Lipinski definition) is 3. The van der Waals surface area contributed by atoms with Gasteiger partial charge in [-0.1, -0.05) is 23.7 Å². The monoisotopic (exact) mass is 251 g/mol. The molecule has 0 fully saturated rings. The Labute approximate surface area is 106 Å². The second kappa shape index (κ2) is 5.23. The summed E-state index contributed by atoms with van der Waals surface area (Å²) < 4.78 is 11.0. The summed E-state index contributed by atoms with van der Waals surface area (Å²) in [6.07, 6.45) is 1.89. The first kappa shape index (κ1) is 12.0. The largest absolute Gasteiger partial charge is 0.488 e. The Morgan fingerprint density at radius 1 is 1.41 bits per heavy atom. The SMILES string of the molecule is CCOC1=CC(C)OC1=Nc1ccccc1Cl. The Bertz CT molecular complexity index is 468. The summed E-state index contributed by atoms with van der Waals surface area (Å²) in [6.45, 7) is 4.45. The Morgan fingerprint density at radius 2 is 2.18 bits per heavy atom. The molecule has 90 valence electrons. The number of nitrogens with zero attached hydrogens (tertiary/aromatic N) is 1. The third-order valence-electron chi connectivity index (χ3n) is 2.27. The van der Waals surface area contributed by atoms with Gasteiger partial charge in [0.1, 0.15) is 6.10 Å². The first-order valence-electron chi connectivity index (χ1n) is 5.55. The van der Waals surface area contributed by atoms with Crippen molar-refractivity contribution in [2.45, 2.75) is 20.0 Å². The van der Waals surface area contributed by atoms with Crippen LogP contribution in [0.5, 0.6) is 0 Å². The Balaban J connectivity index is 2.28. The van der Waals surface area contributed by atoms with Crippen LogP contribution in [-0.4, -0.2) is 18.6 Å². The maximum atomic E-state index is 6.04. The molecule has 1 aromatic rings. The van der Waals surface area contributed by atoms with Crippen LogP contribution in [0.25, 0.3) is 0 Å². The van der Waals surface area contributed by atoms with E-state index in [1.54, 1.807) is 6.07 Å². The molecule has 0 saturated carbocycles.